The minimum Gasteiger partial charge on any atom is -0.494 e. The number of hydrogen-bond acceptors (Lipinski definition) is 7. The second-order valence-corrected chi connectivity index (χ2v) is 9.90. The van der Waals surface area contributed by atoms with Crippen LogP contribution >= 0.6 is 0 Å². The van der Waals surface area contributed by atoms with Crippen LogP contribution in [0.4, 0.5) is 13.2 Å². The Bertz CT molecular complexity index is 1380. The van der Waals surface area contributed by atoms with Crippen LogP contribution in [0.5, 0.6) is 5.75 Å². The molecule has 0 aliphatic heterocycles. The quantitative estimate of drug-likeness (QED) is 0.418. The molecular weight excluding hydrogens is 503 g/mol. The van der Waals surface area contributed by atoms with E-state index in [4.69, 9.17) is 14.9 Å². The summed E-state index contributed by atoms with van der Waals surface area (Å²) in [6.45, 7) is 1.63. The van der Waals surface area contributed by atoms with Gasteiger partial charge in [-0.3, -0.25) is 9.59 Å². The van der Waals surface area contributed by atoms with Crippen LogP contribution in [-0.2, 0) is 11.0 Å². The fourth-order valence-corrected chi connectivity index (χ4v) is 4.69. The first kappa shape index (κ1) is 26.0. The van der Waals surface area contributed by atoms with E-state index in [9.17, 15) is 22.8 Å². The van der Waals surface area contributed by atoms with Crippen molar-refractivity contribution in [2.24, 2.45) is 11.7 Å². The number of carbonyl (C=O) groups excluding carboxylic acids is 2. The Morgan fingerprint density at radius 2 is 1.84 bits per heavy atom. The summed E-state index contributed by atoms with van der Waals surface area (Å²) < 4.78 is 50.9. The van der Waals surface area contributed by atoms with E-state index in [2.05, 4.69) is 20.6 Å². The molecule has 2 saturated carbocycles. The number of aromatic nitrogens is 2. The van der Waals surface area contributed by atoms with Gasteiger partial charge in [-0.25, -0.2) is 9.97 Å². The number of methoxy groups -OCH3 is 1. The first-order chi connectivity index (χ1) is 18.0. The summed E-state index contributed by atoms with van der Waals surface area (Å²) in [6, 6.07) is 4.56. The van der Waals surface area contributed by atoms with Gasteiger partial charge in [0.1, 0.15) is 17.0 Å². The molecule has 0 spiro atoms. The Morgan fingerprint density at radius 1 is 1.11 bits per heavy atom. The normalized spacial score (nSPS) is 20.4. The number of pyridine rings is 1. The van der Waals surface area contributed by atoms with Crippen molar-refractivity contribution in [2.45, 2.75) is 63.3 Å². The summed E-state index contributed by atoms with van der Waals surface area (Å²) >= 11 is 0. The van der Waals surface area contributed by atoms with E-state index >= 15 is 0 Å². The number of nitrogens with zero attached hydrogens (tertiary/aromatic N) is 2. The highest BCUT2D eigenvalue weighted by atomic mass is 19.4. The number of amides is 2. The van der Waals surface area contributed by atoms with Gasteiger partial charge >= 0.3 is 6.18 Å². The smallest absolute Gasteiger partial charge is 0.433 e. The van der Waals surface area contributed by atoms with Crippen LogP contribution in [-0.4, -0.2) is 41.0 Å². The van der Waals surface area contributed by atoms with Crippen molar-refractivity contribution in [2.75, 3.05) is 7.11 Å². The lowest BCUT2D eigenvalue weighted by Crippen LogP contribution is -2.52. The number of nitrogens with one attached hydrogen (secondary N) is 2. The van der Waals surface area contributed by atoms with Crippen LogP contribution in [0.1, 0.15) is 67.0 Å². The van der Waals surface area contributed by atoms with E-state index in [0.29, 0.717) is 23.8 Å². The largest absolute Gasteiger partial charge is 0.494 e. The fourth-order valence-electron chi connectivity index (χ4n) is 4.69. The molecule has 2 aromatic heterocycles. The first-order valence-corrected chi connectivity index (χ1v) is 12.5. The maximum atomic E-state index is 13.3. The van der Waals surface area contributed by atoms with Crippen molar-refractivity contribution in [1.82, 2.24) is 20.6 Å². The summed E-state index contributed by atoms with van der Waals surface area (Å²) in [6.07, 6.45) is -0.429. The van der Waals surface area contributed by atoms with Gasteiger partial charge in [0, 0.05) is 29.0 Å². The van der Waals surface area contributed by atoms with E-state index in [1.807, 2.05) is 0 Å². The predicted molar refractivity (Wildman–Crippen MR) is 131 cm³/mol. The molecule has 1 aromatic carbocycles. The number of fused-ring (bicyclic) bond motifs is 1. The van der Waals surface area contributed by atoms with Gasteiger partial charge in [0.15, 0.2) is 11.5 Å². The van der Waals surface area contributed by atoms with Crippen molar-refractivity contribution in [3.8, 4) is 17.2 Å². The number of benzene rings is 1. The molecule has 4 N–H and O–H groups in total. The SMILES string of the molecule is COc1ccc(-c2nc(C(=O)NC3CC(C(=O)NC4CCC4)C3)c([C@H](C)N)o2)c2ccc(C(F)(F)F)nc12. The molecule has 2 heterocycles. The van der Waals surface area contributed by atoms with E-state index in [-0.39, 0.29) is 52.5 Å². The van der Waals surface area contributed by atoms with Gasteiger partial charge in [-0.2, -0.15) is 13.2 Å². The Labute approximate surface area is 216 Å². The van der Waals surface area contributed by atoms with Crippen molar-refractivity contribution in [3.63, 3.8) is 0 Å². The summed E-state index contributed by atoms with van der Waals surface area (Å²) in [5.74, 6) is -0.309. The summed E-state index contributed by atoms with van der Waals surface area (Å²) in [5.41, 5.74) is 5.28. The first-order valence-electron chi connectivity index (χ1n) is 12.5. The second kappa shape index (κ2) is 9.90. The van der Waals surface area contributed by atoms with Crippen LogP contribution in [0.3, 0.4) is 0 Å². The second-order valence-electron chi connectivity index (χ2n) is 9.90. The molecule has 2 aliphatic carbocycles. The molecule has 0 radical (unpaired) electrons. The molecule has 12 heteroatoms. The minimum absolute atomic E-state index is 0.0128. The number of nitrogens with two attached hydrogens (primary N) is 1. The summed E-state index contributed by atoms with van der Waals surface area (Å²) in [5, 5.41) is 6.22. The summed E-state index contributed by atoms with van der Waals surface area (Å²) in [7, 11) is 1.33. The standard InChI is InChI=1S/C26H28F3N5O4/c1-12(30)22-21(24(36)32-15-10-13(11-15)23(35)31-14-4-3-5-14)34-25(38-22)17-6-8-18(37-2)20-16(17)7-9-19(33-20)26(27,28)29/h6-9,12-15H,3-5,10-11,30H2,1-2H3,(H,31,35)(H,32,36)/t12-,13?,15?/m0/s1. The predicted octanol–water partition coefficient (Wildman–Crippen LogP) is 4.11. The van der Waals surface area contributed by atoms with Gasteiger partial charge < -0.3 is 25.5 Å². The molecule has 0 saturated heterocycles. The zero-order valence-electron chi connectivity index (χ0n) is 20.9. The van der Waals surface area contributed by atoms with Gasteiger partial charge in [-0.15, -0.1) is 0 Å². The third kappa shape index (κ3) is 4.92. The Kier molecular flexibility index (Phi) is 6.76. The molecular formula is C26H28F3N5O4. The number of oxazole rings is 1. The van der Waals surface area contributed by atoms with Gasteiger partial charge in [-0.1, -0.05) is 0 Å². The van der Waals surface area contributed by atoms with E-state index in [0.717, 1.165) is 25.3 Å². The third-order valence-electron chi connectivity index (χ3n) is 7.14. The number of halogens is 3. The van der Waals surface area contributed by atoms with Gasteiger partial charge in [-0.05, 0) is 63.3 Å². The monoisotopic (exact) mass is 531 g/mol. The van der Waals surface area contributed by atoms with E-state index in [1.165, 1.54) is 19.2 Å². The maximum Gasteiger partial charge on any atom is 0.433 e. The van der Waals surface area contributed by atoms with Crippen LogP contribution in [0.15, 0.2) is 28.7 Å². The Hall–Kier alpha value is -3.67. The lowest BCUT2D eigenvalue weighted by atomic mass is 9.79. The fraction of sp³-hybridized carbons (Fsp3) is 0.462. The number of ether oxygens (including phenoxy) is 1. The molecule has 3 aromatic rings. The molecule has 9 nitrogen and oxygen atoms in total. The van der Waals surface area contributed by atoms with Crippen molar-refractivity contribution < 1.29 is 31.9 Å². The molecule has 1 atom stereocenters. The van der Waals surface area contributed by atoms with Crippen molar-refractivity contribution in [3.05, 3.63) is 41.4 Å². The molecule has 2 fully saturated rings. The van der Waals surface area contributed by atoms with Crippen LogP contribution in [0.2, 0.25) is 0 Å². The summed E-state index contributed by atoms with van der Waals surface area (Å²) in [4.78, 5) is 33.5. The number of carbonyl (C=O) groups is 2. The van der Waals surface area contributed by atoms with Crippen molar-refractivity contribution >= 4 is 22.7 Å². The van der Waals surface area contributed by atoms with Crippen LogP contribution in [0, 0.1) is 5.92 Å². The maximum absolute atomic E-state index is 13.3. The topological polar surface area (TPSA) is 132 Å². The number of alkyl halides is 3. The highest BCUT2D eigenvalue weighted by molar-refractivity contribution is 5.98. The molecule has 0 bridgehead atoms. The number of rotatable bonds is 7. The molecule has 5 rings (SSSR count). The Balaban J connectivity index is 1.38. The molecule has 0 unspecified atom stereocenters. The van der Waals surface area contributed by atoms with Gasteiger partial charge in [0.05, 0.1) is 13.2 Å². The molecule has 38 heavy (non-hydrogen) atoms. The lowest BCUT2D eigenvalue weighted by molar-refractivity contribution is -0.141. The van der Waals surface area contributed by atoms with Gasteiger partial charge in [0.25, 0.3) is 5.91 Å². The minimum atomic E-state index is -4.63. The molecule has 2 aliphatic rings. The van der Waals surface area contributed by atoms with Crippen molar-refractivity contribution in [1.29, 1.82) is 0 Å². The highest BCUT2D eigenvalue weighted by Crippen LogP contribution is 2.37. The highest BCUT2D eigenvalue weighted by Gasteiger charge is 2.38. The average molecular weight is 532 g/mol. The van der Waals surface area contributed by atoms with Crippen LogP contribution < -0.4 is 21.1 Å². The van der Waals surface area contributed by atoms with Gasteiger partial charge in [0.2, 0.25) is 11.8 Å². The zero-order valence-corrected chi connectivity index (χ0v) is 20.9. The Morgan fingerprint density at radius 3 is 2.45 bits per heavy atom. The molecule has 202 valence electrons. The third-order valence-corrected chi connectivity index (χ3v) is 7.14. The zero-order chi connectivity index (χ0) is 27.2. The lowest BCUT2D eigenvalue weighted by Gasteiger charge is -2.37. The molecule has 2 amide bonds. The number of hydrogen-bond donors (Lipinski definition) is 3. The van der Waals surface area contributed by atoms with E-state index in [1.54, 1.807) is 13.0 Å². The van der Waals surface area contributed by atoms with E-state index < -0.39 is 23.8 Å². The average Bonchev–Trinajstić information content (AvgIpc) is 3.27. The van der Waals surface area contributed by atoms with Crippen LogP contribution in [0.25, 0.3) is 22.4 Å².